The molecule has 2 unspecified atom stereocenters. The third kappa shape index (κ3) is 2.53. The van der Waals surface area contributed by atoms with Crippen LogP contribution < -0.4 is 0 Å². The number of hydrogen-bond donors (Lipinski definition) is 1. The Kier molecular flexibility index (Phi) is 3.66. The number of likely N-dealkylation sites (tertiary alicyclic amines) is 1. The SMILES string of the molecule is CC1CN(Cc2cccc(C(=O)O)c2F)CC1C. The lowest BCUT2D eigenvalue weighted by molar-refractivity contribution is 0.0691. The largest absolute Gasteiger partial charge is 0.478 e. The van der Waals surface area contributed by atoms with Gasteiger partial charge in [0.2, 0.25) is 0 Å². The number of carboxylic acid groups (broad SMARTS) is 1. The van der Waals surface area contributed by atoms with Gasteiger partial charge in [0.25, 0.3) is 0 Å². The van der Waals surface area contributed by atoms with E-state index in [1.54, 1.807) is 12.1 Å². The first-order valence-electron chi connectivity index (χ1n) is 6.22. The standard InChI is InChI=1S/C14H18FNO2/c1-9-6-16(7-10(9)2)8-11-4-3-5-12(13(11)15)14(17)18/h3-5,9-10H,6-8H2,1-2H3,(H,17,18). The molecule has 2 rings (SSSR count). The van der Waals surface area contributed by atoms with Gasteiger partial charge in [-0.25, -0.2) is 9.18 Å². The number of benzene rings is 1. The highest BCUT2D eigenvalue weighted by atomic mass is 19.1. The first-order chi connectivity index (χ1) is 8.49. The first-order valence-corrected chi connectivity index (χ1v) is 6.22. The lowest BCUT2D eigenvalue weighted by Crippen LogP contribution is -2.21. The monoisotopic (exact) mass is 251 g/mol. The number of carbonyl (C=O) groups is 1. The molecule has 2 atom stereocenters. The number of aromatic carboxylic acids is 1. The Bertz CT molecular complexity index is 451. The zero-order chi connectivity index (χ0) is 13.3. The maximum atomic E-state index is 14.0. The van der Waals surface area contributed by atoms with E-state index in [1.165, 1.54) is 6.07 Å². The van der Waals surface area contributed by atoms with Crippen molar-refractivity contribution in [3.05, 3.63) is 35.1 Å². The Morgan fingerprint density at radius 3 is 2.56 bits per heavy atom. The van der Waals surface area contributed by atoms with Gasteiger partial charge in [-0.05, 0) is 17.9 Å². The molecule has 18 heavy (non-hydrogen) atoms. The summed E-state index contributed by atoms with van der Waals surface area (Å²) in [5.41, 5.74) is 0.226. The predicted molar refractivity (Wildman–Crippen MR) is 67.0 cm³/mol. The fourth-order valence-corrected chi connectivity index (χ4v) is 2.49. The summed E-state index contributed by atoms with van der Waals surface area (Å²) >= 11 is 0. The van der Waals surface area contributed by atoms with Crippen LogP contribution in [0, 0.1) is 17.7 Å². The van der Waals surface area contributed by atoms with Gasteiger partial charge in [-0.2, -0.15) is 0 Å². The lowest BCUT2D eigenvalue weighted by atomic mass is 10.0. The van der Waals surface area contributed by atoms with Crippen LogP contribution in [0.1, 0.15) is 29.8 Å². The van der Waals surface area contributed by atoms with E-state index in [4.69, 9.17) is 5.11 Å². The Hall–Kier alpha value is -1.42. The quantitative estimate of drug-likeness (QED) is 0.897. The van der Waals surface area contributed by atoms with E-state index in [9.17, 15) is 9.18 Å². The van der Waals surface area contributed by atoms with Crippen molar-refractivity contribution in [3.8, 4) is 0 Å². The second-order valence-electron chi connectivity index (χ2n) is 5.23. The zero-order valence-corrected chi connectivity index (χ0v) is 10.7. The van der Waals surface area contributed by atoms with Gasteiger partial charge in [-0.1, -0.05) is 26.0 Å². The lowest BCUT2D eigenvalue weighted by Gasteiger charge is -2.16. The minimum absolute atomic E-state index is 0.243. The minimum atomic E-state index is -1.21. The summed E-state index contributed by atoms with van der Waals surface area (Å²) in [5, 5.41) is 8.88. The van der Waals surface area contributed by atoms with Crippen molar-refractivity contribution in [3.63, 3.8) is 0 Å². The van der Waals surface area contributed by atoms with Gasteiger partial charge in [0.05, 0.1) is 5.56 Å². The van der Waals surface area contributed by atoms with Crippen molar-refractivity contribution in [2.45, 2.75) is 20.4 Å². The Morgan fingerprint density at radius 1 is 1.39 bits per heavy atom. The van der Waals surface area contributed by atoms with Crippen molar-refractivity contribution in [1.29, 1.82) is 0 Å². The van der Waals surface area contributed by atoms with Crippen LogP contribution in [0.4, 0.5) is 4.39 Å². The summed E-state index contributed by atoms with van der Waals surface area (Å²) in [6, 6.07) is 4.57. The van der Waals surface area contributed by atoms with Gasteiger partial charge in [-0.15, -0.1) is 0 Å². The van der Waals surface area contributed by atoms with Gasteiger partial charge in [-0.3, -0.25) is 4.90 Å². The molecule has 1 fully saturated rings. The summed E-state index contributed by atoms with van der Waals surface area (Å²) in [7, 11) is 0. The number of halogens is 1. The van der Waals surface area contributed by atoms with E-state index in [0.717, 1.165) is 13.1 Å². The maximum absolute atomic E-state index is 14.0. The number of nitrogens with zero attached hydrogens (tertiary/aromatic N) is 1. The number of carboxylic acids is 1. The van der Waals surface area contributed by atoms with Crippen LogP contribution in [0.15, 0.2) is 18.2 Å². The smallest absolute Gasteiger partial charge is 0.338 e. The van der Waals surface area contributed by atoms with Crippen LogP contribution in [0.2, 0.25) is 0 Å². The Labute approximate surface area is 106 Å². The second kappa shape index (κ2) is 5.06. The molecule has 1 saturated heterocycles. The summed E-state index contributed by atoms with van der Waals surface area (Å²) in [6.45, 7) is 6.75. The van der Waals surface area contributed by atoms with E-state index >= 15 is 0 Å². The van der Waals surface area contributed by atoms with Gasteiger partial charge in [0, 0.05) is 25.2 Å². The average molecular weight is 251 g/mol. The predicted octanol–water partition coefficient (Wildman–Crippen LogP) is 2.61. The Balaban J connectivity index is 2.15. The molecular weight excluding hydrogens is 233 g/mol. The molecule has 1 aliphatic heterocycles. The molecule has 0 amide bonds. The van der Waals surface area contributed by atoms with Crippen LogP contribution in [-0.4, -0.2) is 29.1 Å². The van der Waals surface area contributed by atoms with Crippen molar-refractivity contribution in [1.82, 2.24) is 4.90 Å². The average Bonchev–Trinajstić information content (AvgIpc) is 2.60. The highest BCUT2D eigenvalue weighted by molar-refractivity contribution is 5.88. The maximum Gasteiger partial charge on any atom is 0.338 e. The van der Waals surface area contributed by atoms with Crippen LogP contribution in [0.3, 0.4) is 0 Å². The molecule has 0 spiro atoms. The molecule has 1 N–H and O–H groups in total. The first kappa shape index (κ1) is 13.0. The molecule has 1 heterocycles. The highest BCUT2D eigenvalue weighted by Crippen LogP contribution is 2.24. The number of rotatable bonds is 3. The second-order valence-corrected chi connectivity index (χ2v) is 5.23. The molecule has 0 radical (unpaired) electrons. The molecule has 3 nitrogen and oxygen atoms in total. The Morgan fingerprint density at radius 2 is 2.00 bits per heavy atom. The van der Waals surface area contributed by atoms with Gasteiger partial charge >= 0.3 is 5.97 Å². The molecule has 0 aromatic heterocycles. The minimum Gasteiger partial charge on any atom is -0.478 e. The van der Waals surface area contributed by atoms with Gasteiger partial charge in [0.1, 0.15) is 5.82 Å². The van der Waals surface area contributed by atoms with E-state index < -0.39 is 11.8 Å². The van der Waals surface area contributed by atoms with Crippen molar-refractivity contribution in [2.75, 3.05) is 13.1 Å². The van der Waals surface area contributed by atoms with Crippen molar-refractivity contribution >= 4 is 5.97 Å². The molecule has 1 aromatic rings. The fraction of sp³-hybridized carbons (Fsp3) is 0.500. The molecule has 1 aromatic carbocycles. The summed E-state index contributed by atoms with van der Waals surface area (Å²) < 4.78 is 14.0. The molecule has 4 heteroatoms. The van der Waals surface area contributed by atoms with Crippen LogP contribution in [-0.2, 0) is 6.54 Å². The molecule has 0 bridgehead atoms. The van der Waals surface area contributed by atoms with E-state index in [2.05, 4.69) is 18.7 Å². The van der Waals surface area contributed by atoms with Crippen LogP contribution >= 0.6 is 0 Å². The number of hydrogen-bond acceptors (Lipinski definition) is 2. The molecule has 0 saturated carbocycles. The van der Waals surface area contributed by atoms with Crippen molar-refractivity contribution < 1.29 is 14.3 Å². The fourth-order valence-electron chi connectivity index (χ4n) is 2.49. The van der Waals surface area contributed by atoms with Crippen molar-refractivity contribution in [2.24, 2.45) is 11.8 Å². The van der Waals surface area contributed by atoms with Crippen LogP contribution in [0.25, 0.3) is 0 Å². The third-order valence-corrected chi connectivity index (χ3v) is 3.77. The van der Waals surface area contributed by atoms with Gasteiger partial charge in [0.15, 0.2) is 0 Å². The molecule has 98 valence electrons. The summed E-state index contributed by atoms with van der Waals surface area (Å²) in [6.07, 6.45) is 0. The van der Waals surface area contributed by atoms with Crippen LogP contribution in [0.5, 0.6) is 0 Å². The van der Waals surface area contributed by atoms with E-state index in [0.29, 0.717) is 23.9 Å². The highest BCUT2D eigenvalue weighted by Gasteiger charge is 2.26. The molecule has 1 aliphatic rings. The topological polar surface area (TPSA) is 40.5 Å². The molecular formula is C14H18FNO2. The summed E-state index contributed by atoms with van der Waals surface area (Å²) in [5.74, 6) is -0.596. The zero-order valence-electron chi connectivity index (χ0n) is 10.7. The van der Waals surface area contributed by atoms with E-state index in [-0.39, 0.29) is 5.56 Å². The molecule has 0 aliphatic carbocycles. The normalized spacial score (nSPS) is 24.4. The third-order valence-electron chi connectivity index (χ3n) is 3.77. The summed E-state index contributed by atoms with van der Waals surface area (Å²) in [4.78, 5) is 13.0. The van der Waals surface area contributed by atoms with Gasteiger partial charge < -0.3 is 5.11 Å². The van der Waals surface area contributed by atoms with E-state index in [1.807, 2.05) is 0 Å².